The van der Waals surface area contributed by atoms with Crippen molar-refractivity contribution in [2.45, 2.75) is 148 Å². The van der Waals surface area contributed by atoms with Gasteiger partial charge in [0.05, 0.1) is 11.8 Å². The molecule has 5 fully saturated rings. The molecule has 5 aliphatic rings. The number of esters is 3. The predicted octanol–water partition coefficient (Wildman–Crippen LogP) is 10.4. The maximum Gasteiger partial charge on any atom is 0.309 e. The van der Waals surface area contributed by atoms with E-state index in [-0.39, 0.29) is 49.6 Å². The molecule has 0 radical (unpaired) electrons. The van der Waals surface area contributed by atoms with Crippen molar-refractivity contribution in [1.82, 2.24) is 4.98 Å². The fraction of sp³-hybridized carbons (Fsp3) is 0.739. The van der Waals surface area contributed by atoms with Gasteiger partial charge in [-0.25, -0.2) is 0 Å². The number of nitrogens with zero attached hydrogens (tertiary/aromatic N) is 2. The summed E-state index contributed by atoms with van der Waals surface area (Å²) in [6.45, 7) is 4.03. The molecule has 4 aliphatic carbocycles. The van der Waals surface area contributed by atoms with Crippen molar-refractivity contribution >= 4 is 23.6 Å². The maximum absolute atomic E-state index is 13.1. The van der Waals surface area contributed by atoms with Gasteiger partial charge in [-0.05, 0) is 132 Å². The van der Waals surface area contributed by atoms with Crippen LogP contribution in [0.15, 0.2) is 48.8 Å². The Morgan fingerprint density at radius 1 is 0.741 bits per heavy atom. The van der Waals surface area contributed by atoms with E-state index in [0.717, 1.165) is 81.5 Å². The van der Waals surface area contributed by atoms with Gasteiger partial charge in [0, 0.05) is 44.0 Å². The molecule has 1 aliphatic heterocycles. The molecule has 54 heavy (non-hydrogen) atoms. The van der Waals surface area contributed by atoms with Crippen LogP contribution >= 0.6 is 0 Å². The molecular weight excluding hydrogens is 677 g/mol. The number of rotatable bonds is 25. The van der Waals surface area contributed by atoms with E-state index in [4.69, 9.17) is 14.2 Å². The van der Waals surface area contributed by atoms with Crippen LogP contribution in [0.1, 0.15) is 148 Å². The molecule has 2 heterocycles. The van der Waals surface area contributed by atoms with E-state index < -0.39 is 0 Å². The number of carbonyl (C=O) groups is 3. The molecule has 1 aromatic heterocycles. The molecule has 4 saturated carbocycles. The average molecular weight is 747 g/mol. The highest BCUT2D eigenvalue weighted by Crippen LogP contribution is 2.61. The zero-order chi connectivity index (χ0) is 37.9. The third-order valence-electron chi connectivity index (χ3n) is 12.6. The van der Waals surface area contributed by atoms with Crippen molar-refractivity contribution in [3.05, 3.63) is 48.8 Å². The van der Waals surface area contributed by atoms with Gasteiger partial charge in [0.1, 0.15) is 19.8 Å². The molecule has 8 heteroatoms. The normalized spacial score (nSPS) is 24.3. The molecule has 1 unspecified atom stereocenters. The van der Waals surface area contributed by atoms with E-state index in [1.54, 1.807) is 12.4 Å². The number of ether oxygens (including phenoxy) is 3. The number of carbonyl (C=O) groups excluding carboxylic acids is 3. The number of pyridine rings is 1. The van der Waals surface area contributed by atoms with Gasteiger partial charge in [-0.3, -0.25) is 19.4 Å². The molecule has 1 saturated heterocycles. The Labute approximate surface area is 326 Å². The second kappa shape index (κ2) is 23.0. The number of hydrogen-bond acceptors (Lipinski definition) is 8. The molecule has 1 aromatic rings. The number of unbranched alkanes of at least 4 members (excludes halogenated alkanes) is 8. The van der Waals surface area contributed by atoms with Gasteiger partial charge in [0.25, 0.3) is 0 Å². The lowest BCUT2D eigenvalue weighted by Crippen LogP contribution is -2.46. The van der Waals surface area contributed by atoms with Gasteiger partial charge in [-0.1, -0.05) is 63.3 Å². The summed E-state index contributed by atoms with van der Waals surface area (Å²) < 4.78 is 17.3. The quantitative estimate of drug-likeness (QED) is 0.0422. The lowest BCUT2D eigenvalue weighted by Gasteiger charge is -2.57. The van der Waals surface area contributed by atoms with Crippen LogP contribution in [-0.4, -0.2) is 55.8 Å². The molecular formula is C46H70N2O6. The highest BCUT2D eigenvalue weighted by Gasteiger charge is 2.50. The Hall–Kier alpha value is -3.16. The minimum atomic E-state index is -0.386. The van der Waals surface area contributed by atoms with Crippen LogP contribution in [0.25, 0.3) is 0 Å². The fourth-order valence-corrected chi connectivity index (χ4v) is 10.0. The molecule has 0 spiro atoms. The van der Waals surface area contributed by atoms with Crippen LogP contribution in [-0.2, 0) is 28.6 Å². The standard InChI is InChI=1S/C46H70N2O6/c1-2-3-4-5-6-7-8-9-10-11-12-13-14-15-16-17-43(49)52-34-40(36-54-45(51)41-21-26-48(27-22-41)42-19-24-47-25-20-42)35-53-44(50)18-23-46-31-37-28-38(32-46)30-39(29-37)33-46/h6-7,9-10,19-20,24-25,37-41H,2-5,8,11-18,21-23,26-36H2,1H3/b7-6-,10-9-. The second-order valence-electron chi connectivity index (χ2n) is 17.2. The van der Waals surface area contributed by atoms with E-state index in [1.807, 2.05) is 12.1 Å². The average Bonchev–Trinajstić information content (AvgIpc) is 3.18. The van der Waals surface area contributed by atoms with E-state index in [1.165, 1.54) is 70.6 Å². The van der Waals surface area contributed by atoms with E-state index in [2.05, 4.69) is 41.1 Å². The minimum absolute atomic E-state index is 0.0721. The molecule has 0 N–H and O–H groups in total. The van der Waals surface area contributed by atoms with Crippen molar-refractivity contribution in [2.24, 2.45) is 35.0 Å². The van der Waals surface area contributed by atoms with Gasteiger partial charge >= 0.3 is 17.9 Å². The molecule has 8 nitrogen and oxygen atoms in total. The Morgan fingerprint density at radius 3 is 1.93 bits per heavy atom. The fourth-order valence-electron chi connectivity index (χ4n) is 10.0. The molecule has 6 rings (SSSR count). The lowest BCUT2D eigenvalue weighted by molar-refractivity contribution is -0.156. The lowest BCUT2D eigenvalue weighted by atomic mass is 9.48. The molecule has 4 bridgehead atoms. The molecule has 0 amide bonds. The zero-order valence-electron chi connectivity index (χ0n) is 33.4. The summed E-state index contributed by atoms with van der Waals surface area (Å²) in [4.78, 5) is 45.2. The Bertz CT molecular complexity index is 1280. The first-order valence-corrected chi connectivity index (χ1v) is 21.8. The first kappa shape index (κ1) is 42.0. The Kier molecular flexibility index (Phi) is 17.9. The van der Waals surface area contributed by atoms with Crippen LogP contribution in [0, 0.1) is 35.0 Å². The summed E-state index contributed by atoms with van der Waals surface area (Å²) in [6.07, 6.45) is 36.3. The van der Waals surface area contributed by atoms with Crippen LogP contribution in [0.3, 0.4) is 0 Å². The molecule has 1 atom stereocenters. The van der Waals surface area contributed by atoms with Crippen molar-refractivity contribution in [3.63, 3.8) is 0 Å². The summed E-state index contributed by atoms with van der Waals surface area (Å²) in [5, 5.41) is 0. The topological polar surface area (TPSA) is 95.0 Å². The number of piperidine rings is 1. The summed E-state index contributed by atoms with van der Waals surface area (Å²) in [6, 6.07) is 3.98. The predicted molar refractivity (Wildman–Crippen MR) is 215 cm³/mol. The number of anilines is 1. The number of allylic oxidation sites excluding steroid dienone is 4. The SMILES string of the molecule is CCCCC/C=C\C/C=C\CCCCCCCC(=O)OCC(COC(=O)CCC12CC3CC(CC(C3)C1)C2)COC(=O)C1CCN(c2ccncc2)CC1. The summed E-state index contributed by atoms with van der Waals surface area (Å²) in [5.41, 5.74) is 1.44. The van der Waals surface area contributed by atoms with E-state index in [0.29, 0.717) is 31.1 Å². The summed E-state index contributed by atoms with van der Waals surface area (Å²) in [7, 11) is 0. The molecule has 300 valence electrons. The van der Waals surface area contributed by atoms with Crippen LogP contribution in [0.4, 0.5) is 5.69 Å². The maximum atomic E-state index is 13.1. The van der Waals surface area contributed by atoms with Crippen LogP contribution < -0.4 is 4.90 Å². The Morgan fingerprint density at radius 2 is 1.30 bits per heavy atom. The van der Waals surface area contributed by atoms with Crippen molar-refractivity contribution in [3.8, 4) is 0 Å². The first-order valence-electron chi connectivity index (χ1n) is 21.8. The van der Waals surface area contributed by atoms with Crippen LogP contribution in [0.2, 0.25) is 0 Å². The number of hydrogen-bond donors (Lipinski definition) is 0. The summed E-state index contributed by atoms with van der Waals surface area (Å²) in [5.74, 6) is 1.35. The van der Waals surface area contributed by atoms with Gasteiger partial charge in [0.2, 0.25) is 0 Å². The van der Waals surface area contributed by atoms with Crippen molar-refractivity contribution in [1.29, 1.82) is 0 Å². The van der Waals surface area contributed by atoms with Crippen molar-refractivity contribution < 1.29 is 28.6 Å². The zero-order valence-corrected chi connectivity index (χ0v) is 33.4. The monoisotopic (exact) mass is 747 g/mol. The van der Waals surface area contributed by atoms with Gasteiger partial charge in [-0.2, -0.15) is 0 Å². The van der Waals surface area contributed by atoms with Gasteiger partial charge < -0.3 is 19.1 Å². The summed E-state index contributed by atoms with van der Waals surface area (Å²) >= 11 is 0. The van der Waals surface area contributed by atoms with Gasteiger partial charge in [-0.15, -0.1) is 0 Å². The van der Waals surface area contributed by atoms with Crippen LogP contribution in [0.5, 0.6) is 0 Å². The van der Waals surface area contributed by atoms with E-state index >= 15 is 0 Å². The number of aromatic nitrogens is 1. The van der Waals surface area contributed by atoms with E-state index in [9.17, 15) is 14.4 Å². The Balaban J connectivity index is 0.979. The third-order valence-corrected chi connectivity index (χ3v) is 12.6. The minimum Gasteiger partial charge on any atom is -0.465 e. The first-order chi connectivity index (χ1) is 26.4. The highest BCUT2D eigenvalue weighted by molar-refractivity contribution is 5.73. The highest BCUT2D eigenvalue weighted by atomic mass is 16.6. The molecule has 0 aromatic carbocycles. The van der Waals surface area contributed by atoms with Gasteiger partial charge in [0.15, 0.2) is 0 Å². The second-order valence-corrected chi connectivity index (χ2v) is 17.2. The van der Waals surface area contributed by atoms with Crippen molar-refractivity contribution in [2.75, 3.05) is 37.8 Å². The third kappa shape index (κ3) is 14.5. The smallest absolute Gasteiger partial charge is 0.309 e. The largest absolute Gasteiger partial charge is 0.465 e.